The molecule has 0 radical (unpaired) electrons. The quantitative estimate of drug-likeness (QED) is 0.739. The highest BCUT2D eigenvalue weighted by Gasteiger charge is 2.29. The maximum Gasteiger partial charge on any atom is 0.253 e. The third kappa shape index (κ3) is 4.76. The van der Waals surface area contributed by atoms with Gasteiger partial charge in [-0.2, -0.15) is 0 Å². The number of piperidine rings is 1. The lowest BCUT2D eigenvalue weighted by Gasteiger charge is -2.36. The first-order valence-electron chi connectivity index (χ1n) is 11.7. The zero-order valence-electron chi connectivity index (χ0n) is 18.8. The monoisotopic (exact) mass is 426 g/mol. The third-order valence-electron chi connectivity index (χ3n) is 7.14. The van der Waals surface area contributed by atoms with Crippen molar-refractivity contribution >= 4 is 23.4 Å². The summed E-state index contributed by atoms with van der Waals surface area (Å²) in [6, 6.07) is 5.70. The van der Waals surface area contributed by atoms with Gasteiger partial charge in [-0.3, -0.25) is 14.4 Å². The molecule has 0 atom stereocenters. The summed E-state index contributed by atoms with van der Waals surface area (Å²) >= 11 is 0. The van der Waals surface area contributed by atoms with Crippen LogP contribution in [0.3, 0.4) is 0 Å². The van der Waals surface area contributed by atoms with Gasteiger partial charge in [-0.25, -0.2) is 0 Å². The van der Waals surface area contributed by atoms with Crippen LogP contribution in [0, 0.1) is 5.92 Å². The van der Waals surface area contributed by atoms with Crippen LogP contribution in [-0.4, -0.2) is 84.8 Å². The zero-order valence-corrected chi connectivity index (χ0v) is 18.8. The predicted molar refractivity (Wildman–Crippen MR) is 120 cm³/mol. The van der Waals surface area contributed by atoms with Crippen LogP contribution in [0.2, 0.25) is 0 Å². The van der Waals surface area contributed by atoms with Gasteiger partial charge in [-0.05, 0) is 55.5 Å². The van der Waals surface area contributed by atoms with Gasteiger partial charge in [0.1, 0.15) is 0 Å². The standard InChI is InChI=1S/C24H34N4O3/c1-3-25-12-14-26(15-13-25)23(30)16-19-6-9-27(10-7-19)24(31)21-4-5-22-20(17-21)8-11-28(22)18(2)29/h4-5,17,19H,3,6-16H2,1-2H3. The van der Waals surface area contributed by atoms with Gasteiger partial charge in [-0.1, -0.05) is 6.92 Å². The molecule has 7 nitrogen and oxygen atoms in total. The highest BCUT2D eigenvalue weighted by molar-refractivity contribution is 5.98. The van der Waals surface area contributed by atoms with E-state index in [1.165, 1.54) is 0 Å². The van der Waals surface area contributed by atoms with Crippen molar-refractivity contribution in [1.82, 2.24) is 14.7 Å². The summed E-state index contributed by atoms with van der Waals surface area (Å²) in [5.41, 5.74) is 2.71. The molecular formula is C24H34N4O3. The molecule has 3 aliphatic rings. The van der Waals surface area contributed by atoms with Crippen LogP contribution < -0.4 is 4.90 Å². The molecule has 4 rings (SSSR count). The van der Waals surface area contributed by atoms with E-state index >= 15 is 0 Å². The molecule has 3 heterocycles. The Hall–Kier alpha value is -2.41. The lowest BCUT2D eigenvalue weighted by atomic mass is 9.92. The number of carbonyl (C=O) groups is 3. The molecule has 0 aliphatic carbocycles. The number of benzene rings is 1. The van der Waals surface area contributed by atoms with E-state index in [9.17, 15) is 14.4 Å². The van der Waals surface area contributed by atoms with Gasteiger partial charge in [0.15, 0.2) is 0 Å². The zero-order chi connectivity index (χ0) is 22.0. The molecule has 3 amide bonds. The van der Waals surface area contributed by atoms with Crippen molar-refractivity contribution in [3.8, 4) is 0 Å². The summed E-state index contributed by atoms with van der Waals surface area (Å²) in [6.45, 7) is 10.5. The van der Waals surface area contributed by atoms with Gasteiger partial charge in [0.2, 0.25) is 11.8 Å². The summed E-state index contributed by atoms with van der Waals surface area (Å²) in [7, 11) is 0. The first-order valence-corrected chi connectivity index (χ1v) is 11.7. The molecule has 0 saturated carbocycles. The van der Waals surface area contributed by atoms with Gasteiger partial charge in [0, 0.05) is 70.4 Å². The van der Waals surface area contributed by atoms with E-state index in [1.807, 2.05) is 28.0 Å². The molecule has 3 aliphatic heterocycles. The Bertz CT molecular complexity index is 839. The third-order valence-corrected chi connectivity index (χ3v) is 7.14. The lowest BCUT2D eigenvalue weighted by Crippen LogP contribution is -2.49. The van der Waals surface area contributed by atoms with Gasteiger partial charge >= 0.3 is 0 Å². The number of piperazine rings is 1. The largest absolute Gasteiger partial charge is 0.340 e. The van der Waals surface area contributed by atoms with Gasteiger partial charge in [-0.15, -0.1) is 0 Å². The Kier molecular flexibility index (Phi) is 6.60. The first-order chi connectivity index (χ1) is 15.0. The molecule has 0 unspecified atom stereocenters. The average molecular weight is 427 g/mol. The first kappa shape index (κ1) is 21.8. The number of hydrogen-bond acceptors (Lipinski definition) is 4. The van der Waals surface area contributed by atoms with Crippen molar-refractivity contribution in [2.75, 3.05) is 57.3 Å². The average Bonchev–Trinajstić information content (AvgIpc) is 3.23. The van der Waals surface area contributed by atoms with Gasteiger partial charge in [0.25, 0.3) is 5.91 Å². The number of rotatable bonds is 4. The second kappa shape index (κ2) is 9.39. The van der Waals surface area contributed by atoms with Gasteiger partial charge in [0.05, 0.1) is 0 Å². The molecule has 7 heteroatoms. The molecular weight excluding hydrogens is 392 g/mol. The van der Waals surface area contributed by atoms with Crippen molar-refractivity contribution in [3.05, 3.63) is 29.3 Å². The Balaban J connectivity index is 1.28. The van der Waals surface area contributed by atoms with E-state index in [-0.39, 0.29) is 17.7 Å². The number of hydrogen-bond donors (Lipinski definition) is 0. The van der Waals surface area contributed by atoms with E-state index in [4.69, 9.17) is 0 Å². The summed E-state index contributed by atoms with van der Waals surface area (Å²) in [6.07, 6.45) is 3.17. The van der Waals surface area contributed by atoms with E-state index in [2.05, 4.69) is 11.8 Å². The number of carbonyl (C=O) groups excluding carboxylic acids is 3. The van der Waals surface area contributed by atoms with E-state index in [0.717, 1.165) is 63.2 Å². The molecule has 1 aromatic carbocycles. The summed E-state index contributed by atoms with van der Waals surface area (Å²) < 4.78 is 0. The highest BCUT2D eigenvalue weighted by Crippen LogP contribution is 2.30. The minimum absolute atomic E-state index is 0.0432. The van der Waals surface area contributed by atoms with Gasteiger partial charge < -0.3 is 19.6 Å². The molecule has 0 bridgehead atoms. The van der Waals surface area contributed by atoms with E-state index in [1.54, 1.807) is 11.8 Å². The molecule has 168 valence electrons. The fourth-order valence-corrected chi connectivity index (χ4v) is 5.07. The Morgan fingerprint density at radius 1 is 0.935 bits per heavy atom. The van der Waals surface area contributed by atoms with Crippen molar-refractivity contribution in [2.24, 2.45) is 5.92 Å². The van der Waals surface area contributed by atoms with Crippen LogP contribution in [0.25, 0.3) is 0 Å². The van der Waals surface area contributed by atoms with Crippen molar-refractivity contribution < 1.29 is 14.4 Å². The number of likely N-dealkylation sites (N-methyl/N-ethyl adjacent to an activating group) is 1. The maximum absolute atomic E-state index is 13.0. The number of fused-ring (bicyclic) bond motifs is 1. The van der Waals surface area contributed by atoms with Crippen LogP contribution in [-0.2, 0) is 16.0 Å². The number of anilines is 1. The fourth-order valence-electron chi connectivity index (χ4n) is 5.07. The van der Waals surface area contributed by atoms with Crippen LogP contribution in [0.1, 0.15) is 49.0 Å². The Labute approximate surface area is 185 Å². The van der Waals surface area contributed by atoms with Crippen molar-refractivity contribution in [1.29, 1.82) is 0 Å². The second-order valence-electron chi connectivity index (χ2n) is 9.02. The lowest BCUT2D eigenvalue weighted by molar-refractivity contribution is -0.134. The van der Waals surface area contributed by atoms with Crippen LogP contribution >= 0.6 is 0 Å². The number of nitrogens with zero attached hydrogens (tertiary/aromatic N) is 4. The van der Waals surface area contributed by atoms with Crippen LogP contribution in [0.15, 0.2) is 18.2 Å². The molecule has 0 N–H and O–H groups in total. The van der Waals surface area contributed by atoms with Crippen LogP contribution in [0.5, 0.6) is 0 Å². The topological polar surface area (TPSA) is 64.2 Å². The molecule has 0 aromatic heterocycles. The maximum atomic E-state index is 13.0. The van der Waals surface area contributed by atoms with Crippen molar-refractivity contribution in [3.63, 3.8) is 0 Å². The second-order valence-corrected chi connectivity index (χ2v) is 9.02. The SMILES string of the molecule is CCN1CCN(C(=O)CC2CCN(C(=O)c3ccc4c(c3)CCN4C(C)=O)CC2)CC1. The molecule has 2 fully saturated rings. The van der Waals surface area contributed by atoms with E-state index < -0.39 is 0 Å². The number of likely N-dealkylation sites (tertiary alicyclic amines) is 1. The van der Waals surface area contributed by atoms with Crippen molar-refractivity contribution in [2.45, 2.75) is 39.5 Å². The highest BCUT2D eigenvalue weighted by atomic mass is 16.2. The molecule has 31 heavy (non-hydrogen) atoms. The predicted octanol–water partition coefficient (Wildman–Crippen LogP) is 2.00. The van der Waals surface area contributed by atoms with E-state index in [0.29, 0.717) is 37.5 Å². The summed E-state index contributed by atoms with van der Waals surface area (Å²) in [4.78, 5) is 45.5. The smallest absolute Gasteiger partial charge is 0.253 e. The van der Waals surface area contributed by atoms with Crippen LogP contribution in [0.4, 0.5) is 5.69 Å². The summed E-state index contributed by atoms with van der Waals surface area (Å²) in [5.74, 6) is 0.741. The number of amides is 3. The molecule has 2 saturated heterocycles. The Morgan fingerprint density at radius 2 is 1.65 bits per heavy atom. The molecule has 1 aromatic rings. The minimum Gasteiger partial charge on any atom is -0.340 e. The summed E-state index contributed by atoms with van der Waals surface area (Å²) in [5, 5.41) is 0. The minimum atomic E-state index is 0.0432. The molecule has 0 spiro atoms. The Morgan fingerprint density at radius 3 is 2.29 bits per heavy atom. The fraction of sp³-hybridized carbons (Fsp3) is 0.625. The normalized spacial score (nSPS) is 20.1.